The number of carboxylic acids is 4. The molecule has 4 aromatic carbocycles. The van der Waals surface area contributed by atoms with Crippen LogP contribution in [0.15, 0.2) is 72.8 Å². The van der Waals surface area contributed by atoms with Gasteiger partial charge in [-0.25, -0.2) is 0 Å². The number of aromatic carboxylic acids is 4. The van der Waals surface area contributed by atoms with Gasteiger partial charge in [-0.1, -0.05) is 155 Å². The first-order chi connectivity index (χ1) is 34.8. The molecule has 0 aromatic heterocycles. The van der Waals surface area contributed by atoms with E-state index in [2.05, 4.69) is 55.4 Å². The SMILES string of the molecule is CCCCOc1c(CCCC)cccc1C(=O)[O-].CCCCOc1c(CCCC)cccc1C(=O)[O-].CCCCOc1c(CCCC)cccc1C(=O)[O-].CCCCOc1c(CCCC)cccc1C(=O)[O-].[Zr+4]. The molecule has 0 spiro atoms. The molecule has 4 aromatic rings. The quantitative estimate of drug-likeness (QED) is 0.0420. The predicted molar refractivity (Wildman–Crippen MR) is 279 cm³/mol. The number of hydrogen-bond donors (Lipinski definition) is 0. The third kappa shape index (κ3) is 26.6. The van der Waals surface area contributed by atoms with Crippen LogP contribution in [0, 0.1) is 0 Å². The predicted octanol–water partition coefficient (Wildman–Crippen LogP) is 10.3. The third-order valence-electron chi connectivity index (χ3n) is 11.4. The van der Waals surface area contributed by atoms with Crippen molar-refractivity contribution in [3.63, 3.8) is 0 Å². The van der Waals surface area contributed by atoms with Crippen LogP contribution in [0.25, 0.3) is 0 Å². The van der Waals surface area contributed by atoms with Crippen molar-refractivity contribution >= 4 is 23.9 Å². The fraction of sp³-hybridized carbons (Fsp3) is 0.533. The average molecular weight is 1090 g/mol. The van der Waals surface area contributed by atoms with Gasteiger partial charge in [0, 0.05) is 22.3 Å². The number of para-hydroxylation sites is 4. The van der Waals surface area contributed by atoms with Crippen LogP contribution in [0.5, 0.6) is 23.0 Å². The first-order valence-corrected chi connectivity index (χ1v) is 26.7. The summed E-state index contributed by atoms with van der Waals surface area (Å²) < 4.78 is 22.6. The smallest absolute Gasteiger partial charge is 0.545 e. The van der Waals surface area contributed by atoms with E-state index >= 15 is 0 Å². The van der Waals surface area contributed by atoms with E-state index in [4.69, 9.17) is 18.9 Å². The van der Waals surface area contributed by atoms with Crippen molar-refractivity contribution in [2.45, 2.75) is 184 Å². The molecule has 0 radical (unpaired) electrons. The van der Waals surface area contributed by atoms with Gasteiger partial charge in [0.1, 0.15) is 23.0 Å². The van der Waals surface area contributed by atoms with Crippen LogP contribution >= 0.6 is 0 Å². The molecule has 0 bridgehead atoms. The van der Waals surface area contributed by atoms with Crippen LogP contribution in [0.4, 0.5) is 0 Å². The van der Waals surface area contributed by atoms with Gasteiger partial charge in [0.25, 0.3) is 0 Å². The molecule has 0 amide bonds. The molecule has 4 rings (SSSR count). The second kappa shape index (κ2) is 42.2. The Kier molecular flexibility index (Phi) is 39.2. The van der Waals surface area contributed by atoms with Crippen molar-refractivity contribution in [1.29, 1.82) is 0 Å². The van der Waals surface area contributed by atoms with Crippen molar-refractivity contribution in [3.8, 4) is 23.0 Å². The number of hydrogen-bond acceptors (Lipinski definition) is 12. The van der Waals surface area contributed by atoms with E-state index in [0.29, 0.717) is 49.4 Å². The normalized spacial score (nSPS) is 10.2. The average Bonchev–Trinajstić information content (AvgIpc) is 3.37. The topological polar surface area (TPSA) is 197 Å². The molecule has 0 saturated heterocycles. The van der Waals surface area contributed by atoms with Crippen LogP contribution in [-0.4, -0.2) is 50.3 Å². The van der Waals surface area contributed by atoms with Crippen LogP contribution in [0.3, 0.4) is 0 Å². The summed E-state index contributed by atoms with van der Waals surface area (Å²) in [4.78, 5) is 44.4. The molecule has 0 aliphatic heterocycles. The van der Waals surface area contributed by atoms with Gasteiger partial charge >= 0.3 is 26.2 Å². The summed E-state index contributed by atoms with van der Waals surface area (Å²) in [5.41, 5.74) is 4.53. The van der Waals surface area contributed by atoms with Gasteiger partial charge in [-0.2, -0.15) is 0 Å². The first kappa shape index (κ1) is 67.8. The maximum Gasteiger partial charge on any atom is 4.00 e. The zero-order valence-corrected chi connectivity index (χ0v) is 47.8. The summed E-state index contributed by atoms with van der Waals surface area (Å²) in [6, 6.07) is 20.9. The summed E-state index contributed by atoms with van der Waals surface area (Å²) in [7, 11) is 0. The number of rotatable bonds is 32. The molecule has 0 unspecified atom stereocenters. The summed E-state index contributed by atoms with van der Waals surface area (Å²) in [5, 5.41) is 44.4. The Morgan fingerprint density at radius 1 is 0.315 bits per heavy atom. The van der Waals surface area contributed by atoms with E-state index in [9.17, 15) is 39.6 Å². The number of carbonyl (C=O) groups excluding carboxylic acids is 4. The molecule has 0 atom stereocenters. The summed E-state index contributed by atoms with van der Waals surface area (Å²) in [6.07, 6.45) is 19.6. The Hall–Kier alpha value is -5.16. The molecule has 0 N–H and O–H groups in total. The minimum Gasteiger partial charge on any atom is -0.545 e. The summed E-state index contributed by atoms with van der Waals surface area (Å²) >= 11 is 0. The molecule has 13 heteroatoms. The zero-order valence-electron chi connectivity index (χ0n) is 45.3. The third-order valence-corrected chi connectivity index (χ3v) is 11.4. The Bertz CT molecular complexity index is 1850. The molecular weight excluding hydrogens is 1000 g/mol. The minimum absolute atomic E-state index is 0. The number of benzene rings is 4. The Morgan fingerprint density at radius 2 is 0.493 bits per heavy atom. The molecular formula is C60H84O12Zr. The number of ether oxygens (including phenoxy) is 4. The fourth-order valence-electron chi connectivity index (χ4n) is 7.19. The van der Waals surface area contributed by atoms with Crippen molar-refractivity contribution in [2.75, 3.05) is 26.4 Å². The number of aryl methyl sites for hydroxylation is 4. The van der Waals surface area contributed by atoms with E-state index in [1.807, 2.05) is 24.3 Å². The number of unbranched alkanes of at least 4 members (excludes halogenated alkanes) is 8. The monoisotopic (exact) mass is 1090 g/mol. The van der Waals surface area contributed by atoms with Gasteiger partial charge in [-0.05, 0) is 124 Å². The summed E-state index contributed by atoms with van der Waals surface area (Å²) in [5.74, 6) is -2.67. The van der Waals surface area contributed by atoms with E-state index < -0.39 is 23.9 Å². The maximum absolute atomic E-state index is 11.1. The largest absolute Gasteiger partial charge is 4.00 e. The Balaban J connectivity index is 0.000000943. The van der Waals surface area contributed by atoms with Crippen molar-refractivity contribution < 1.29 is 84.8 Å². The van der Waals surface area contributed by atoms with Gasteiger partial charge in [-0.3, -0.25) is 0 Å². The summed E-state index contributed by atoms with van der Waals surface area (Å²) in [6.45, 7) is 19.0. The number of carbonyl (C=O) groups is 4. The molecule has 0 aliphatic carbocycles. The number of carboxylic acid groups (broad SMARTS) is 4. The van der Waals surface area contributed by atoms with Gasteiger partial charge < -0.3 is 58.6 Å². The van der Waals surface area contributed by atoms with Crippen LogP contribution in [0.2, 0.25) is 0 Å². The van der Waals surface area contributed by atoms with Crippen molar-refractivity contribution in [3.05, 3.63) is 117 Å². The molecule has 400 valence electrons. The van der Waals surface area contributed by atoms with Crippen LogP contribution in [-0.2, 0) is 51.9 Å². The van der Waals surface area contributed by atoms with Gasteiger partial charge in [0.2, 0.25) is 0 Å². The molecule has 0 fully saturated rings. The Morgan fingerprint density at radius 3 is 0.644 bits per heavy atom. The van der Waals surface area contributed by atoms with E-state index in [1.54, 1.807) is 48.5 Å². The molecule has 73 heavy (non-hydrogen) atoms. The maximum atomic E-state index is 11.1. The van der Waals surface area contributed by atoms with Gasteiger partial charge in [0.15, 0.2) is 0 Å². The van der Waals surface area contributed by atoms with Gasteiger partial charge in [0.05, 0.1) is 50.3 Å². The minimum atomic E-state index is -1.17. The van der Waals surface area contributed by atoms with Crippen molar-refractivity contribution in [2.24, 2.45) is 0 Å². The molecule has 0 aliphatic rings. The second-order valence-corrected chi connectivity index (χ2v) is 17.5. The second-order valence-electron chi connectivity index (χ2n) is 17.5. The standard InChI is InChI=1S/4C15H22O3.Zr/c4*1-3-5-8-12-9-7-10-13(15(16)17)14(12)18-11-6-4-2;/h4*7,9-10H,3-6,8,11H2,1-2H3,(H,16,17);/q;;;;+4/p-4. The van der Waals surface area contributed by atoms with Crippen molar-refractivity contribution in [1.82, 2.24) is 0 Å². The van der Waals surface area contributed by atoms with Crippen LogP contribution in [0.1, 0.15) is 222 Å². The first-order valence-electron chi connectivity index (χ1n) is 26.7. The fourth-order valence-corrected chi connectivity index (χ4v) is 7.19. The van der Waals surface area contributed by atoms with E-state index in [0.717, 1.165) is 151 Å². The van der Waals surface area contributed by atoms with E-state index in [1.165, 1.54) is 0 Å². The molecule has 12 nitrogen and oxygen atoms in total. The Labute approximate surface area is 456 Å². The van der Waals surface area contributed by atoms with Crippen LogP contribution < -0.4 is 39.4 Å². The zero-order chi connectivity index (χ0) is 53.5. The van der Waals surface area contributed by atoms with E-state index in [-0.39, 0.29) is 48.5 Å². The van der Waals surface area contributed by atoms with Gasteiger partial charge in [-0.15, -0.1) is 0 Å². The molecule has 0 heterocycles. The molecule has 0 saturated carbocycles.